The number of hydrogen-bond acceptors (Lipinski definition) is 8. The van der Waals surface area contributed by atoms with E-state index in [1.54, 1.807) is 13.0 Å². The zero-order valence-corrected chi connectivity index (χ0v) is 19.5. The summed E-state index contributed by atoms with van der Waals surface area (Å²) in [5.74, 6) is -4.70. The third-order valence-corrected chi connectivity index (χ3v) is 6.02. The van der Waals surface area contributed by atoms with Crippen molar-refractivity contribution >= 4 is 36.8 Å². The van der Waals surface area contributed by atoms with Gasteiger partial charge in [0, 0.05) is 26.7 Å². The number of imide groups is 1. The molecule has 3 rings (SSSR count). The van der Waals surface area contributed by atoms with Crippen LogP contribution in [-0.2, 0) is 25.5 Å². The van der Waals surface area contributed by atoms with Gasteiger partial charge < -0.3 is 35.1 Å². The highest BCUT2D eigenvalue weighted by atomic mass is 16.5. The number of ether oxygens (including phenoxy) is 1. The molecule has 1 aromatic rings. The zero-order valence-electron chi connectivity index (χ0n) is 19.5. The summed E-state index contributed by atoms with van der Waals surface area (Å²) in [6.07, 6.45) is -0.772. The first-order valence-electron chi connectivity index (χ1n) is 11.0. The maximum atomic E-state index is 13.1. The molecule has 14 heteroatoms. The van der Waals surface area contributed by atoms with Gasteiger partial charge in [-0.2, -0.15) is 0 Å². The van der Waals surface area contributed by atoms with Crippen LogP contribution in [0.2, 0.25) is 0 Å². The fraction of sp³-hybridized carbons (Fsp3) is 0.476. The number of para-hydroxylation sites is 1. The molecule has 1 fully saturated rings. The summed E-state index contributed by atoms with van der Waals surface area (Å²) in [5, 5.41) is 24.7. The molecule has 1 saturated heterocycles. The van der Waals surface area contributed by atoms with Gasteiger partial charge in [0.25, 0.3) is 0 Å². The van der Waals surface area contributed by atoms with Gasteiger partial charge in [-0.3, -0.25) is 19.3 Å². The first-order valence-corrected chi connectivity index (χ1v) is 11.0. The van der Waals surface area contributed by atoms with Crippen LogP contribution in [0.25, 0.3) is 0 Å². The van der Waals surface area contributed by atoms with E-state index in [0.29, 0.717) is 12.1 Å². The summed E-state index contributed by atoms with van der Waals surface area (Å²) in [6.45, 7) is 3.71. The minimum absolute atomic E-state index is 0.0162. The number of rotatable bonds is 7. The third kappa shape index (κ3) is 5.38. The van der Waals surface area contributed by atoms with Gasteiger partial charge in [-0.15, -0.1) is 0 Å². The minimum atomic E-state index is -1.55. The summed E-state index contributed by atoms with van der Waals surface area (Å²) in [7, 11) is -0.226. The van der Waals surface area contributed by atoms with Crippen molar-refractivity contribution in [3.05, 3.63) is 29.3 Å². The van der Waals surface area contributed by atoms with Gasteiger partial charge in [0.15, 0.2) is 0 Å². The standard InChI is InChI=1S/C21H27BN4O9/c1-4-25-8-9-26(19(29)18(25)28)21(32)24-15(11(2)34-3)17(27)23-14-10-12-6-5-7-13(20(30)31)16(12)35-22(14)33/h5-7,11,14-15,33H,4,8-10H2,1-3H3,(H,23,27)(H,24,32)(H,30,31)/t11?,14-,15?/m0/s1. The molecule has 5 amide bonds. The lowest BCUT2D eigenvalue weighted by Gasteiger charge is -2.34. The Bertz CT molecular complexity index is 1040. The molecule has 0 aliphatic carbocycles. The number of carbonyl (C=O) groups excluding carboxylic acids is 4. The number of fused-ring (bicyclic) bond motifs is 1. The fourth-order valence-electron chi connectivity index (χ4n) is 3.90. The molecule has 2 aliphatic rings. The van der Waals surface area contributed by atoms with Crippen LogP contribution in [-0.4, -0.2) is 102 Å². The zero-order chi connectivity index (χ0) is 25.9. The van der Waals surface area contributed by atoms with Crippen LogP contribution in [0.15, 0.2) is 18.2 Å². The van der Waals surface area contributed by atoms with Crippen LogP contribution < -0.4 is 15.3 Å². The molecule has 188 valence electrons. The second-order valence-electron chi connectivity index (χ2n) is 8.14. The molecule has 2 unspecified atom stereocenters. The molecule has 4 N–H and O–H groups in total. The molecule has 1 aromatic carbocycles. The topological polar surface area (TPSA) is 175 Å². The van der Waals surface area contributed by atoms with E-state index in [0.717, 1.165) is 4.90 Å². The number of carboxylic acids is 1. The van der Waals surface area contributed by atoms with Crippen molar-refractivity contribution < 1.29 is 43.5 Å². The van der Waals surface area contributed by atoms with Crippen LogP contribution in [0.3, 0.4) is 0 Å². The lowest BCUT2D eigenvalue weighted by molar-refractivity contribution is -0.153. The fourth-order valence-corrected chi connectivity index (χ4v) is 3.90. The average molecular weight is 490 g/mol. The largest absolute Gasteiger partial charge is 0.547 e. The third-order valence-electron chi connectivity index (χ3n) is 6.02. The highest BCUT2D eigenvalue weighted by molar-refractivity contribution is 6.47. The van der Waals surface area contributed by atoms with Crippen LogP contribution in [0.1, 0.15) is 29.8 Å². The Morgan fingerprint density at radius 3 is 2.60 bits per heavy atom. The van der Waals surface area contributed by atoms with Crippen LogP contribution in [0.4, 0.5) is 4.79 Å². The molecule has 0 bridgehead atoms. The van der Waals surface area contributed by atoms with Gasteiger partial charge in [-0.1, -0.05) is 12.1 Å². The van der Waals surface area contributed by atoms with E-state index in [1.807, 2.05) is 0 Å². The lowest BCUT2D eigenvalue weighted by Crippen LogP contribution is -2.63. The van der Waals surface area contributed by atoms with Crippen molar-refractivity contribution in [3.8, 4) is 5.75 Å². The number of carbonyl (C=O) groups is 5. The minimum Gasteiger partial charge on any atom is -0.534 e. The monoisotopic (exact) mass is 490 g/mol. The molecule has 0 spiro atoms. The van der Waals surface area contributed by atoms with Crippen molar-refractivity contribution in [2.75, 3.05) is 26.7 Å². The molecule has 0 radical (unpaired) electrons. The summed E-state index contributed by atoms with van der Waals surface area (Å²) in [5.41, 5.74) is 0.352. The number of piperazine rings is 1. The molecule has 2 heterocycles. The van der Waals surface area contributed by atoms with E-state index in [1.165, 1.54) is 31.1 Å². The number of carboxylic acid groups (broad SMARTS) is 1. The van der Waals surface area contributed by atoms with E-state index in [9.17, 15) is 34.1 Å². The predicted octanol–water partition coefficient (Wildman–Crippen LogP) is -1.37. The van der Waals surface area contributed by atoms with Crippen molar-refractivity contribution in [1.82, 2.24) is 20.4 Å². The van der Waals surface area contributed by atoms with Gasteiger partial charge in [0.1, 0.15) is 11.8 Å². The molecule has 35 heavy (non-hydrogen) atoms. The first-order chi connectivity index (χ1) is 16.6. The Hall–Kier alpha value is -3.65. The summed E-state index contributed by atoms with van der Waals surface area (Å²) < 4.78 is 10.6. The predicted molar refractivity (Wildman–Crippen MR) is 120 cm³/mol. The molecule has 0 saturated carbocycles. The summed E-state index contributed by atoms with van der Waals surface area (Å²) in [4.78, 5) is 63.7. The van der Waals surface area contributed by atoms with Crippen molar-refractivity contribution in [2.24, 2.45) is 0 Å². The first kappa shape index (κ1) is 26.0. The maximum absolute atomic E-state index is 13.1. The van der Waals surface area contributed by atoms with E-state index < -0.39 is 54.9 Å². The molecule has 2 aliphatic heterocycles. The SMILES string of the molecule is CCN1CCN(C(=O)NC(C(=O)N[C@H]2Cc3cccc(C(=O)O)c3OB2O)C(C)OC)C(=O)C1=O. The number of nitrogens with one attached hydrogen (secondary N) is 2. The highest BCUT2D eigenvalue weighted by Gasteiger charge is 2.41. The van der Waals surface area contributed by atoms with Crippen LogP contribution in [0.5, 0.6) is 5.75 Å². The lowest BCUT2D eigenvalue weighted by atomic mass is 9.72. The molecular formula is C21H27BN4O9. The maximum Gasteiger partial charge on any atom is 0.547 e. The van der Waals surface area contributed by atoms with E-state index in [2.05, 4.69) is 10.6 Å². The Morgan fingerprint density at radius 2 is 1.97 bits per heavy atom. The normalized spacial score (nSPS) is 19.4. The smallest absolute Gasteiger partial charge is 0.534 e. The quantitative estimate of drug-likeness (QED) is 0.265. The van der Waals surface area contributed by atoms with Crippen LogP contribution in [0, 0.1) is 0 Å². The Balaban J connectivity index is 1.72. The Kier molecular flexibility index (Phi) is 7.97. The van der Waals surface area contributed by atoms with Gasteiger partial charge in [-0.05, 0) is 31.9 Å². The number of urea groups is 1. The number of aromatic carboxylic acids is 1. The molecule has 0 aromatic heterocycles. The van der Waals surface area contributed by atoms with Crippen LogP contribution >= 0.6 is 0 Å². The average Bonchev–Trinajstić information content (AvgIpc) is 2.83. The second-order valence-corrected chi connectivity index (χ2v) is 8.14. The number of nitrogens with zero attached hydrogens (tertiary/aromatic N) is 2. The number of benzene rings is 1. The van der Waals surface area contributed by atoms with Crippen molar-refractivity contribution in [1.29, 1.82) is 0 Å². The number of hydrogen-bond donors (Lipinski definition) is 4. The number of amides is 5. The van der Waals surface area contributed by atoms with Gasteiger partial charge in [-0.25, -0.2) is 9.59 Å². The van der Waals surface area contributed by atoms with E-state index >= 15 is 0 Å². The number of likely N-dealkylation sites (N-methyl/N-ethyl adjacent to an activating group) is 1. The Labute approximate surface area is 201 Å². The second kappa shape index (κ2) is 10.7. The van der Waals surface area contributed by atoms with Crippen molar-refractivity contribution in [3.63, 3.8) is 0 Å². The van der Waals surface area contributed by atoms with Gasteiger partial charge >= 0.3 is 30.9 Å². The number of methoxy groups -OCH3 is 1. The molecule has 13 nitrogen and oxygen atoms in total. The Morgan fingerprint density at radius 1 is 1.26 bits per heavy atom. The van der Waals surface area contributed by atoms with E-state index in [4.69, 9.17) is 9.39 Å². The summed E-state index contributed by atoms with van der Waals surface area (Å²) >= 11 is 0. The van der Waals surface area contributed by atoms with Gasteiger partial charge in [0.05, 0.1) is 17.6 Å². The van der Waals surface area contributed by atoms with E-state index in [-0.39, 0.29) is 30.8 Å². The molecular weight excluding hydrogens is 463 g/mol. The van der Waals surface area contributed by atoms with Crippen molar-refractivity contribution in [2.45, 2.75) is 38.4 Å². The highest BCUT2D eigenvalue weighted by Crippen LogP contribution is 2.30. The summed E-state index contributed by atoms with van der Waals surface area (Å²) in [6, 6.07) is 2.26. The molecule has 3 atom stereocenters. The van der Waals surface area contributed by atoms with Gasteiger partial charge in [0.2, 0.25) is 5.91 Å².